The third-order valence-electron chi connectivity index (χ3n) is 2.35. The maximum absolute atomic E-state index is 11.2. The summed E-state index contributed by atoms with van der Waals surface area (Å²) in [5.41, 5.74) is 10.1. The lowest BCUT2D eigenvalue weighted by Gasteiger charge is -2.17. The number of hydrazine groups is 1. The Kier molecular flexibility index (Phi) is 2.04. The Labute approximate surface area is 82.7 Å². The molecule has 0 spiro atoms. The molecular formula is C10H13N3O. The van der Waals surface area contributed by atoms with Gasteiger partial charge in [0.05, 0.1) is 18.2 Å². The quantitative estimate of drug-likeness (QED) is 0.644. The van der Waals surface area contributed by atoms with Crippen molar-refractivity contribution >= 4 is 17.3 Å². The van der Waals surface area contributed by atoms with E-state index in [1.165, 1.54) is 0 Å². The molecule has 1 fully saturated rings. The van der Waals surface area contributed by atoms with Gasteiger partial charge in [-0.2, -0.15) is 0 Å². The molecule has 0 radical (unpaired) electrons. The molecule has 4 nitrogen and oxygen atoms in total. The third-order valence-corrected chi connectivity index (χ3v) is 2.35. The van der Waals surface area contributed by atoms with Crippen molar-refractivity contribution in [3.63, 3.8) is 0 Å². The summed E-state index contributed by atoms with van der Waals surface area (Å²) in [4.78, 5) is 11.2. The maximum atomic E-state index is 11.2. The number of anilines is 2. The Morgan fingerprint density at radius 2 is 2.07 bits per heavy atom. The molecule has 1 unspecified atom stereocenters. The van der Waals surface area contributed by atoms with Crippen molar-refractivity contribution in [2.45, 2.75) is 6.92 Å². The Morgan fingerprint density at radius 1 is 1.43 bits per heavy atom. The third kappa shape index (κ3) is 1.51. The van der Waals surface area contributed by atoms with Crippen molar-refractivity contribution in [3.8, 4) is 0 Å². The standard InChI is InChI=1S/C10H13N3O/c1-7-6-13(12-10(7)14)9-4-2-8(11)3-5-9/h2-5,7H,6,11H2,1H3,(H,12,14). The first kappa shape index (κ1) is 8.87. The van der Waals surface area contributed by atoms with Crippen LogP contribution in [-0.2, 0) is 4.79 Å². The lowest BCUT2D eigenvalue weighted by Crippen LogP contribution is -2.32. The fourth-order valence-electron chi connectivity index (χ4n) is 1.47. The van der Waals surface area contributed by atoms with Crippen LogP contribution in [0.25, 0.3) is 0 Å². The van der Waals surface area contributed by atoms with E-state index in [9.17, 15) is 4.79 Å². The maximum Gasteiger partial charge on any atom is 0.243 e. The summed E-state index contributed by atoms with van der Waals surface area (Å²) in [7, 11) is 0. The highest BCUT2D eigenvalue weighted by Gasteiger charge is 2.26. The zero-order valence-corrected chi connectivity index (χ0v) is 8.03. The second kappa shape index (κ2) is 3.21. The number of hydrogen-bond donors (Lipinski definition) is 2. The monoisotopic (exact) mass is 191 g/mol. The van der Waals surface area contributed by atoms with E-state index < -0.39 is 0 Å². The van der Waals surface area contributed by atoms with Crippen LogP contribution in [0.5, 0.6) is 0 Å². The van der Waals surface area contributed by atoms with Gasteiger partial charge in [0.25, 0.3) is 0 Å². The van der Waals surface area contributed by atoms with Gasteiger partial charge in [-0.3, -0.25) is 15.2 Å². The second-order valence-electron chi connectivity index (χ2n) is 3.58. The Hall–Kier alpha value is -1.71. The molecule has 1 atom stereocenters. The molecule has 1 amide bonds. The van der Waals surface area contributed by atoms with Crippen LogP contribution >= 0.6 is 0 Å². The summed E-state index contributed by atoms with van der Waals surface area (Å²) in [5.74, 6) is 0.120. The van der Waals surface area contributed by atoms with Gasteiger partial charge < -0.3 is 5.73 Å². The number of rotatable bonds is 1. The summed E-state index contributed by atoms with van der Waals surface area (Å²) in [6.45, 7) is 2.62. The van der Waals surface area contributed by atoms with Crippen LogP contribution in [0.15, 0.2) is 24.3 Å². The van der Waals surface area contributed by atoms with E-state index >= 15 is 0 Å². The zero-order valence-electron chi connectivity index (χ0n) is 8.03. The van der Waals surface area contributed by atoms with E-state index in [2.05, 4.69) is 5.43 Å². The molecule has 0 aromatic heterocycles. The average molecular weight is 191 g/mol. The number of carbonyl (C=O) groups excluding carboxylic acids is 1. The minimum Gasteiger partial charge on any atom is -0.399 e. The van der Waals surface area contributed by atoms with Gasteiger partial charge in [0.15, 0.2) is 0 Å². The van der Waals surface area contributed by atoms with Crippen LogP contribution in [0.4, 0.5) is 11.4 Å². The molecule has 1 aromatic rings. The highest BCUT2D eigenvalue weighted by molar-refractivity contribution is 5.83. The van der Waals surface area contributed by atoms with Gasteiger partial charge in [-0.05, 0) is 24.3 Å². The van der Waals surface area contributed by atoms with Gasteiger partial charge in [0.1, 0.15) is 0 Å². The molecular weight excluding hydrogens is 178 g/mol. The Balaban J connectivity index is 2.17. The molecule has 0 saturated carbocycles. The van der Waals surface area contributed by atoms with Gasteiger partial charge in [0, 0.05) is 5.69 Å². The first-order chi connectivity index (χ1) is 6.66. The minimum atomic E-state index is 0.0487. The summed E-state index contributed by atoms with van der Waals surface area (Å²) < 4.78 is 0. The van der Waals surface area contributed by atoms with Gasteiger partial charge in [0.2, 0.25) is 5.91 Å². The van der Waals surface area contributed by atoms with E-state index in [-0.39, 0.29) is 11.8 Å². The van der Waals surface area contributed by atoms with E-state index in [0.29, 0.717) is 6.54 Å². The average Bonchev–Trinajstić information content (AvgIpc) is 2.48. The Bertz CT molecular complexity index is 347. The topological polar surface area (TPSA) is 58.4 Å². The van der Waals surface area contributed by atoms with E-state index in [1.807, 2.05) is 36.2 Å². The molecule has 14 heavy (non-hydrogen) atoms. The van der Waals surface area contributed by atoms with Crippen molar-refractivity contribution in [2.75, 3.05) is 17.3 Å². The number of nitrogens with two attached hydrogens (primary N) is 1. The van der Waals surface area contributed by atoms with Crippen LogP contribution in [0, 0.1) is 5.92 Å². The molecule has 1 saturated heterocycles. The molecule has 0 aliphatic carbocycles. The smallest absolute Gasteiger partial charge is 0.243 e. The number of hydrogen-bond acceptors (Lipinski definition) is 3. The molecule has 1 aliphatic heterocycles. The van der Waals surface area contributed by atoms with Crippen LogP contribution < -0.4 is 16.2 Å². The minimum absolute atomic E-state index is 0.0487. The molecule has 4 heteroatoms. The second-order valence-corrected chi connectivity index (χ2v) is 3.58. The Morgan fingerprint density at radius 3 is 2.57 bits per heavy atom. The predicted molar refractivity (Wildman–Crippen MR) is 55.5 cm³/mol. The largest absolute Gasteiger partial charge is 0.399 e. The van der Waals surface area contributed by atoms with Crippen molar-refractivity contribution < 1.29 is 4.79 Å². The van der Waals surface area contributed by atoms with E-state index in [0.717, 1.165) is 11.4 Å². The van der Waals surface area contributed by atoms with Crippen molar-refractivity contribution in [1.82, 2.24) is 5.43 Å². The van der Waals surface area contributed by atoms with E-state index in [1.54, 1.807) is 0 Å². The predicted octanol–water partition coefficient (Wildman–Crippen LogP) is 0.756. The van der Waals surface area contributed by atoms with Gasteiger partial charge >= 0.3 is 0 Å². The lowest BCUT2D eigenvalue weighted by molar-refractivity contribution is -0.121. The summed E-state index contributed by atoms with van der Waals surface area (Å²) in [5, 5.41) is 1.84. The van der Waals surface area contributed by atoms with Crippen molar-refractivity contribution in [3.05, 3.63) is 24.3 Å². The summed E-state index contributed by atoms with van der Waals surface area (Å²) >= 11 is 0. The molecule has 1 aliphatic rings. The number of nitrogens with zero attached hydrogens (tertiary/aromatic N) is 1. The fraction of sp³-hybridized carbons (Fsp3) is 0.300. The van der Waals surface area contributed by atoms with Crippen LogP contribution in [0.2, 0.25) is 0 Å². The van der Waals surface area contributed by atoms with Crippen molar-refractivity contribution in [2.24, 2.45) is 5.92 Å². The summed E-state index contributed by atoms with van der Waals surface area (Å²) in [6, 6.07) is 7.44. The molecule has 2 rings (SSSR count). The normalized spacial score (nSPS) is 21.1. The van der Waals surface area contributed by atoms with Gasteiger partial charge in [-0.1, -0.05) is 6.92 Å². The van der Waals surface area contributed by atoms with Gasteiger partial charge in [-0.15, -0.1) is 0 Å². The number of nitrogens with one attached hydrogen (secondary N) is 1. The highest BCUT2D eigenvalue weighted by atomic mass is 16.2. The number of carbonyl (C=O) groups is 1. The summed E-state index contributed by atoms with van der Waals surface area (Å²) in [6.07, 6.45) is 0. The number of benzene rings is 1. The lowest BCUT2D eigenvalue weighted by atomic mass is 10.2. The SMILES string of the molecule is CC1CN(c2ccc(N)cc2)NC1=O. The van der Waals surface area contributed by atoms with Gasteiger partial charge in [-0.25, -0.2) is 0 Å². The zero-order chi connectivity index (χ0) is 10.1. The van der Waals surface area contributed by atoms with Crippen LogP contribution in [0.3, 0.4) is 0 Å². The molecule has 1 aromatic carbocycles. The van der Waals surface area contributed by atoms with Crippen LogP contribution in [0.1, 0.15) is 6.92 Å². The molecule has 3 N–H and O–H groups in total. The molecule has 74 valence electrons. The first-order valence-electron chi connectivity index (χ1n) is 4.60. The number of amides is 1. The van der Waals surface area contributed by atoms with Crippen LogP contribution in [-0.4, -0.2) is 12.5 Å². The van der Waals surface area contributed by atoms with E-state index in [4.69, 9.17) is 5.73 Å². The number of nitrogen functional groups attached to an aromatic ring is 1. The fourth-order valence-corrected chi connectivity index (χ4v) is 1.47. The highest BCUT2D eigenvalue weighted by Crippen LogP contribution is 2.19. The van der Waals surface area contributed by atoms with Crippen molar-refractivity contribution in [1.29, 1.82) is 0 Å². The molecule has 1 heterocycles. The molecule has 0 bridgehead atoms. The first-order valence-corrected chi connectivity index (χ1v) is 4.60.